The third kappa shape index (κ3) is 14.5. The molecule has 0 aliphatic carbocycles. The molecule has 10 heteroatoms. The number of rotatable bonds is 6. The molecule has 0 radical (unpaired) electrons. The summed E-state index contributed by atoms with van der Waals surface area (Å²) in [7, 11) is 0. The van der Waals surface area contributed by atoms with E-state index in [1.54, 1.807) is 6.92 Å². The second kappa shape index (κ2) is 13.3. The van der Waals surface area contributed by atoms with Gasteiger partial charge in [0, 0.05) is 0 Å². The molecule has 0 aliphatic heterocycles. The Labute approximate surface area is 133 Å². The molecule has 0 spiro atoms. The van der Waals surface area contributed by atoms with Crippen molar-refractivity contribution in [1.29, 1.82) is 0 Å². The number of thiol groups is 4. The minimum Gasteiger partial charge on any atom is -0.460 e. The van der Waals surface area contributed by atoms with E-state index in [0.717, 1.165) is 0 Å². The Morgan fingerprint density at radius 3 is 1.74 bits per heavy atom. The third-order valence-electron chi connectivity index (χ3n) is 1.30. The van der Waals surface area contributed by atoms with Crippen LogP contribution >= 0.6 is 50.5 Å². The molecule has 114 valence electrons. The maximum absolute atomic E-state index is 11.0. The Kier molecular flexibility index (Phi) is 15.0. The molecule has 0 bridgehead atoms. The first-order chi connectivity index (χ1) is 8.76. The summed E-state index contributed by atoms with van der Waals surface area (Å²) in [5, 5.41) is 15.2. The first-order valence-electron chi connectivity index (χ1n) is 5.07. The number of hydrogen-bond acceptors (Lipinski definition) is 10. The van der Waals surface area contributed by atoms with E-state index in [-0.39, 0.29) is 19.8 Å². The van der Waals surface area contributed by atoms with Gasteiger partial charge in [0.2, 0.25) is 0 Å². The van der Waals surface area contributed by atoms with Gasteiger partial charge in [-0.1, -0.05) is 0 Å². The zero-order valence-corrected chi connectivity index (χ0v) is 13.7. The lowest BCUT2D eigenvalue weighted by atomic mass is 10.4. The van der Waals surface area contributed by atoms with Gasteiger partial charge in [-0.3, -0.25) is 0 Å². The zero-order valence-electron chi connectivity index (χ0n) is 10.2. The van der Waals surface area contributed by atoms with Crippen LogP contribution in [0, 0.1) is 0 Å². The maximum Gasteiger partial charge on any atom is 0.329 e. The van der Waals surface area contributed by atoms with Crippen molar-refractivity contribution in [2.45, 2.75) is 22.2 Å². The minimum atomic E-state index is -0.800. The number of esters is 2. The van der Waals surface area contributed by atoms with Crippen molar-refractivity contribution in [2.24, 2.45) is 0 Å². The van der Waals surface area contributed by atoms with E-state index < -0.39 is 27.2 Å². The Bertz CT molecular complexity index is 259. The second-order valence-corrected chi connectivity index (χ2v) is 5.95. The van der Waals surface area contributed by atoms with E-state index >= 15 is 0 Å². The van der Waals surface area contributed by atoms with Gasteiger partial charge in [0.25, 0.3) is 0 Å². The summed E-state index contributed by atoms with van der Waals surface area (Å²) in [5.74, 6) is -1.17. The number of hydrogen-bond donors (Lipinski definition) is 6. The van der Waals surface area contributed by atoms with Gasteiger partial charge in [-0.05, 0) is 6.92 Å². The summed E-state index contributed by atoms with van der Waals surface area (Å²) >= 11 is 15.0. The maximum atomic E-state index is 11.0. The highest BCUT2D eigenvalue weighted by Gasteiger charge is 2.17. The van der Waals surface area contributed by atoms with Gasteiger partial charge in [0.1, 0.15) is 21.9 Å². The van der Waals surface area contributed by atoms with Crippen molar-refractivity contribution < 1.29 is 29.3 Å². The number of ether oxygens (including phenoxy) is 2. The van der Waals surface area contributed by atoms with Crippen LogP contribution in [0.1, 0.15) is 6.92 Å². The highest BCUT2D eigenvalue weighted by molar-refractivity contribution is 8.00. The zero-order chi connectivity index (χ0) is 15.4. The molecule has 0 saturated carbocycles. The molecule has 0 aromatic carbocycles. The predicted octanol–water partition coefficient (Wildman–Crippen LogP) is -0.196. The molecule has 6 nitrogen and oxygen atoms in total. The van der Waals surface area contributed by atoms with Crippen LogP contribution in [0.2, 0.25) is 0 Å². The van der Waals surface area contributed by atoms with E-state index in [1.807, 2.05) is 0 Å². The number of carbonyl (C=O) groups is 2. The third-order valence-corrected chi connectivity index (χ3v) is 2.14. The van der Waals surface area contributed by atoms with Crippen LogP contribution in [0.25, 0.3) is 0 Å². The van der Waals surface area contributed by atoms with E-state index in [2.05, 4.69) is 50.5 Å². The average molecular weight is 351 g/mol. The first-order valence-corrected chi connectivity index (χ1v) is 7.13. The molecule has 0 amide bonds. The summed E-state index contributed by atoms with van der Waals surface area (Å²) in [5.41, 5.74) is 0. The molecular weight excluding hydrogens is 332 g/mol. The van der Waals surface area contributed by atoms with E-state index in [1.165, 1.54) is 0 Å². The summed E-state index contributed by atoms with van der Waals surface area (Å²) in [6.45, 7) is 1.29. The molecule has 19 heavy (non-hydrogen) atoms. The van der Waals surface area contributed by atoms with Crippen molar-refractivity contribution in [3.8, 4) is 0 Å². The number of aliphatic hydroxyl groups is 2. The van der Waals surface area contributed by atoms with E-state index in [9.17, 15) is 9.59 Å². The molecule has 0 fully saturated rings. The molecule has 1 unspecified atom stereocenters. The van der Waals surface area contributed by atoms with Crippen molar-refractivity contribution in [3.63, 3.8) is 0 Å². The van der Waals surface area contributed by atoms with Crippen molar-refractivity contribution in [3.05, 3.63) is 0 Å². The average Bonchev–Trinajstić information content (AvgIpc) is 2.35. The Hall–Kier alpha value is 0.260. The molecular formula is C9H18O6S4. The van der Waals surface area contributed by atoms with Gasteiger partial charge in [-0.15, -0.1) is 0 Å². The van der Waals surface area contributed by atoms with Crippen LogP contribution in [0.5, 0.6) is 0 Å². The molecule has 0 aromatic rings. The van der Waals surface area contributed by atoms with Gasteiger partial charge < -0.3 is 19.7 Å². The molecule has 1 atom stereocenters. The fourth-order valence-electron chi connectivity index (χ4n) is 0.567. The SMILES string of the molecule is CC(COC(=O)C(S)S)OC(=O)C(S)S.OCCO. The van der Waals surface area contributed by atoms with Crippen LogP contribution in [0.15, 0.2) is 0 Å². The normalized spacial score (nSPS) is 11.6. The standard InChI is InChI=1S/C7H12O4S4.C2H6O2/c1-3(11-5(9)7(14)15)2-10-4(8)6(12)13;3-1-2-4/h3,6-7,12-15H,2H2,1H3;3-4H,1-2H2. The first kappa shape index (κ1) is 21.6. The molecule has 0 aromatic heterocycles. The van der Waals surface area contributed by atoms with Gasteiger partial charge in [-0.25, -0.2) is 9.59 Å². The van der Waals surface area contributed by atoms with Crippen LogP contribution in [0.3, 0.4) is 0 Å². The number of aliphatic hydroxyl groups excluding tert-OH is 2. The van der Waals surface area contributed by atoms with E-state index in [0.29, 0.717) is 0 Å². The summed E-state index contributed by atoms with van der Waals surface area (Å²) in [6, 6.07) is 0. The second-order valence-electron chi connectivity index (χ2n) is 3.07. The fourth-order valence-corrected chi connectivity index (χ4v) is 0.838. The van der Waals surface area contributed by atoms with Gasteiger partial charge >= 0.3 is 11.9 Å². The van der Waals surface area contributed by atoms with Crippen molar-refractivity contribution in [1.82, 2.24) is 0 Å². The molecule has 0 aliphatic rings. The summed E-state index contributed by atoms with van der Waals surface area (Å²) in [6.07, 6.45) is -0.552. The largest absolute Gasteiger partial charge is 0.460 e. The Morgan fingerprint density at radius 1 is 1.00 bits per heavy atom. The lowest BCUT2D eigenvalue weighted by molar-refractivity contribution is -0.155. The van der Waals surface area contributed by atoms with E-state index in [4.69, 9.17) is 19.7 Å². The molecule has 0 saturated heterocycles. The summed E-state index contributed by atoms with van der Waals surface area (Å²) < 4.78 is 7.95. The molecule has 0 heterocycles. The van der Waals surface area contributed by atoms with Crippen molar-refractivity contribution in [2.75, 3.05) is 19.8 Å². The summed E-state index contributed by atoms with van der Waals surface area (Å²) in [4.78, 5) is 21.9. The lowest BCUT2D eigenvalue weighted by Gasteiger charge is -2.14. The van der Waals surface area contributed by atoms with Crippen LogP contribution in [-0.2, 0) is 19.1 Å². The van der Waals surface area contributed by atoms with Gasteiger partial charge in [0.05, 0.1) is 13.2 Å². The highest BCUT2D eigenvalue weighted by atomic mass is 32.2. The van der Waals surface area contributed by atoms with Crippen molar-refractivity contribution >= 4 is 62.5 Å². The topological polar surface area (TPSA) is 93.1 Å². The Morgan fingerprint density at radius 2 is 1.42 bits per heavy atom. The van der Waals surface area contributed by atoms with Crippen LogP contribution < -0.4 is 0 Å². The highest BCUT2D eigenvalue weighted by Crippen LogP contribution is 2.07. The smallest absolute Gasteiger partial charge is 0.329 e. The van der Waals surface area contributed by atoms with Crippen LogP contribution in [-0.4, -0.2) is 57.2 Å². The minimum absolute atomic E-state index is 0.0452. The quantitative estimate of drug-likeness (QED) is 0.226. The molecule has 0 rings (SSSR count). The molecule has 2 N–H and O–H groups in total. The Balaban J connectivity index is 0. The monoisotopic (exact) mass is 350 g/mol. The fraction of sp³-hybridized carbons (Fsp3) is 0.778. The lowest BCUT2D eigenvalue weighted by Crippen LogP contribution is -2.26. The van der Waals surface area contributed by atoms with Crippen LogP contribution in [0.4, 0.5) is 0 Å². The van der Waals surface area contributed by atoms with Gasteiger partial charge in [-0.2, -0.15) is 50.5 Å². The van der Waals surface area contributed by atoms with Gasteiger partial charge in [0.15, 0.2) is 0 Å². The number of carbonyl (C=O) groups excluding carboxylic acids is 2. The predicted molar refractivity (Wildman–Crippen MR) is 84.2 cm³/mol.